The summed E-state index contributed by atoms with van der Waals surface area (Å²) in [5.74, 6) is -4.42. The van der Waals surface area contributed by atoms with Gasteiger partial charge in [0.25, 0.3) is 5.91 Å². The largest absolute Gasteiger partial charge is 0.419 e. The number of nitrogens with one attached hydrogen (secondary N) is 2. The zero-order chi connectivity index (χ0) is 27.3. The van der Waals surface area contributed by atoms with Crippen LogP contribution in [0.4, 0.5) is 28.9 Å². The Kier molecular flexibility index (Phi) is 7.63. The Morgan fingerprint density at radius 2 is 1.43 bits per heavy atom. The fourth-order valence-corrected chi connectivity index (χ4v) is 5.41. The van der Waals surface area contributed by atoms with Gasteiger partial charge in [-0.2, -0.15) is 13.2 Å². The van der Waals surface area contributed by atoms with Crippen molar-refractivity contribution in [3.8, 4) is 0 Å². The van der Waals surface area contributed by atoms with Gasteiger partial charge in [-0.05, 0) is 60.2 Å². The van der Waals surface area contributed by atoms with E-state index in [2.05, 4.69) is 10.6 Å². The first-order valence-corrected chi connectivity index (χ1v) is 12.2. The average Bonchev–Trinajstić information content (AvgIpc) is 3.37. The van der Waals surface area contributed by atoms with Crippen LogP contribution in [-0.2, 0) is 11.0 Å². The van der Waals surface area contributed by atoms with Gasteiger partial charge in [0.2, 0.25) is 5.91 Å². The molecule has 37 heavy (non-hydrogen) atoms. The molecule has 0 saturated heterocycles. The van der Waals surface area contributed by atoms with E-state index in [9.17, 15) is 27.2 Å². The highest BCUT2D eigenvalue weighted by Gasteiger charge is 2.67. The maximum Gasteiger partial charge on any atom is 0.419 e. The number of rotatable bonds is 5. The second-order valence-electron chi connectivity index (χ2n) is 8.16. The van der Waals surface area contributed by atoms with Crippen LogP contribution in [0.1, 0.15) is 27.4 Å². The number of amides is 2. The van der Waals surface area contributed by atoms with E-state index in [1.54, 1.807) is 12.1 Å². The molecule has 0 bridgehead atoms. The summed E-state index contributed by atoms with van der Waals surface area (Å²) in [6.07, 6.45) is -4.95. The van der Waals surface area contributed by atoms with Crippen molar-refractivity contribution >= 4 is 81.2 Å². The van der Waals surface area contributed by atoms with Crippen LogP contribution in [0, 0.1) is 11.7 Å². The Bertz CT molecular complexity index is 1390. The van der Waals surface area contributed by atoms with Crippen LogP contribution in [0.2, 0.25) is 15.1 Å². The predicted molar refractivity (Wildman–Crippen MR) is 137 cm³/mol. The van der Waals surface area contributed by atoms with Crippen molar-refractivity contribution in [1.82, 2.24) is 0 Å². The van der Waals surface area contributed by atoms with Crippen LogP contribution in [0.5, 0.6) is 0 Å². The standard InChI is InChI=1S/C24H13Cl5F4N2O2/c25-11-5-10(6-12(26)7-11)19-20(23(19,28)29)22(37)35-13-1-3-17(27)15(8-13)21(36)34-14-2-4-18(30)16(9-14)24(31,32)33/h1-9,19-20H,(H,34,36)(H,35,37)/t19-,20+/m1/s1. The summed E-state index contributed by atoms with van der Waals surface area (Å²) >= 11 is 30.9. The van der Waals surface area contributed by atoms with E-state index in [-0.39, 0.29) is 22.0 Å². The van der Waals surface area contributed by atoms with E-state index in [1.807, 2.05) is 0 Å². The lowest BCUT2D eigenvalue weighted by atomic mass is 10.1. The van der Waals surface area contributed by atoms with Gasteiger partial charge in [0.1, 0.15) is 10.2 Å². The third-order valence-corrected chi connectivity index (χ3v) is 7.29. The fraction of sp³-hybridized carbons (Fsp3) is 0.167. The minimum atomic E-state index is -4.95. The lowest BCUT2D eigenvalue weighted by molar-refractivity contribution is -0.140. The van der Waals surface area contributed by atoms with E-state index in [1.165, 1.54) is 24.3 Å². The molecule has 0 unspecified atom stereocenters. The summed E-state index contributed by atoms with van der Waals surface area (Å²) < 4.78 is 51.0. The number of carbonyl (C=O) groups is 2. The highest BCUT2D eigenvalue weighted by Crippen LogP contribution is 2.65. The first kappa shape index (κ1) is 27.8. The molecule has 4 nitrogen and oxygen atoms in total. The predicted octanol–water partition coefficient (Wildman–Crippen LogP) is 8.58. The monoisotopic (exact) mass is 612 g/mol. The molecule has 194 valence electrons. The van der Waals surface area contributed by atoms with Crippen molar-refractivity contribution in [1.29, 1.82) is 0 Å². The summed E-state index contributed by atoms with van der Waals surface area (Å²) in [4.78, 5) is 25.7. The van der Waals surface area contributed by atoms with Crippen LogP contribution < -0.4 is 10.6 Å². The van der Waals surface area contributed by atoms with Crippen LogP contribution in [0.25, 0.3) is 0 Å². The van der Waals surface area contributed by atoms with Gasteiger partial charge in [0, 0.05) is 27.3 Å². The van der Waals surface area contributed by atoms with Crippen LogP contribution >= 0.6 is 58.0 Å². The highest BCUT2D eigenvalue weighted by molar-refractivity contribution is 6.53. The first-order valence-electron chi connectivity index (χ1n) is 10.3. The molecule has 1 aliphatic rings. The van der Waals surface area contributed by atoms with Gasteiger partial charge in [-0.1, -0.05) is 34.8 Å². The Hall–Kier alpha value is -2.23. The van der Waals surface area contributed by atoms with Gasteiger partial charge in [0.05, 0.1) is 22.1 Å². The van der Waals surface area contributed by atoms with Crippen LogP contribution in [-0.4, -0.2) is 16.1 Å². The summed E-state index contributed by atoms with van der Waals surface area (Å²) in [7, 11) is 0. The number of halogens is 9. The van der Waals surface area contributed by atoms with Gasteiger partial charge >= 0.3 is 6.18 Å². The molecule has 1 fully saturated rings. The van der Waals surface area contributed by atoms with Crippen molar-refractivity contribution < 1.29 is 27.2 Å². The van der Waals surface area contributed by atoms with Gasteiger partial charge < -0.3 is 10.6 Å². The lowest BCUT2D eigenvalue weighted by Gasteiger charge is -2.12. The van der Waals surface area contributed by atoms with Gasteiger partial charge in [-0.15, -0.1) is 23.2 Å². The van der Waals surface area contributed by atoms with Crippen molar-refractivity contribution in [3.05, 3.63) is 92.2 Å². The Morgan fingerprint density at radius 1 is 0.838 bits per heavy atom. The molecule has 3 aromatic carbocycles. The zero-order valence-electron chi connectivity index (χ0n) is 18.1. The third kappa shape index (κ3) is 5.94. The molecule has 2 atom stereocenters. The smallest absolute Gasteiger partial charge is 0.326 e. The van der Waals surface area contributed by atoms with Gasteiger partial charge in [-0.3, -0.25) is 9.59 Å². The van der Waals surface area contributed by atoms with Crippen molar-refractivity contribution in [3.63, 3.8) is 0 Å². The van der Waals surface area contributed by atoms with E-state index < -0.39 is 45.5 Å². The van der Waals surface area contributed by atoms with Crippen LogP contribution in [0.3, 0.4) is 0 Å². The van der Waals surface area contributed by atoms with E-state index in [0.717, 1.165) is 6.07 Å². The normalized spacial score (nSPS) is 18.3. The quantitative estimate of drug-likeness (QED) is 0.223. The van der Waals surface area contributed by atoms with E-state index in [4.69, 9.17) is 58.0 Å². The first-order chi connectivity index (χ1) is 17.2. The Balaban J connectivity index is 1.52. The minimum Gasteiger partial charge on any atom is -0.326 e. The molecular formula is C24H13Cl5F4N2O2. The van der Waals surface area contributed by atoms with E-state index in [0.29, 0.717) is 27.7 Å². The maximum atomic E-state index is 13.5. The zero-order valence-corrected chi connectivity index (χ0v) is 21.8. The van der Waals surface area contributed by atoms with Crippen molar-refractivity contribution in [2.24, 2.45) is 5.92 Å². The molecule has 0 radical (unpaired) electrons. The second-order valence-corrected chi connectivity index (χ2v) is 10.9. The molecule has 0 aromatic heterocycles. The van der Waals surface area contributed by atoms with Gasteiger partial charge in [0.15, 0.2) is 0 Å². The summed E-state index contributed by atoms with van der Waals surface area (Å²) in [6, 6.07) is 10.7. The van der Waals surface area contributed by atoms with Crippen molar-refractivity contribution in [2.45, 2.75) is 16.4 Å². The number of hydrogen-bond donors (Lipinski definition) is 2. The Labute approximate surface area is 232 Å². The Morgan fingerprint density at radius 3 is 2.05 bits per heavy atom. The minimum absolute atomic E-state index is 0.0458. The number of carbonyl (C=O) groups excluding carboxylic acids is 2. The molecule has 2 N–H and O–H groups in total. The molecule has 1 saturated carbocycles. The number of alkyl halides is 5. The number of anilines is 2. The molecule has 4 rings (SSSR count). The SMILES string of the molecule is O=C(Nc1ccc(F)c(C(F)(F)F)c1)c1cc(NC(=O)[C@@H]2[C@@H](c3cc(Cl)cc(Cl)c3)C2(Cl)Cl)ccc1Cl. The van der Waals surface area contributed by atoms with Crippen molar-refractivity contribution in [2.75, 3.05) is 10.6 Å². The van der Waals surface area contributed by atoms with Gasteiger partial charge in [-0.25, -0.2) is 4.39 Å². The van der Waals surface area contributed by atoms with E-state index >= 15 is 0 Å². The molecule has 0 heterocycles. The fourth-order valence-electron chi connectivity index (χ4n) is 3.84. The maximum absolute atomic E-state index is 13.5. The summed E-state index contributed by atoms with van der Waals surface area (Å²) in [5, 5.41) is 5.48. The topological polar surface area (TPSA) is 58.2 Å². The summed E-state index contributed by atoms with van der Waals surface area (Å²) in [6.45, 7) is 0. The second kappa shape index (κ2) is 10.2. The highest BCUT2D eigenvalue weighted by atomic mass is 35.5. The molecular weight excluding hydrogens is 602 g/mol. The lowest BCUT2D eigenvalue weighted by Crippen LogP contribution is -2.18. The molecule has 13 heteroatoms. The number of benzene rings is 3. The van der Waals surface area contributed by atoms with Crippen LogP contribution in [0.15, 0.2) is 54.6 Å². The molecule has 2 amide bonds. The molecule has 1 aliphatic carbocycles. The summed E-state index contributed by atoms with van der Waals surface area (Å²) in [5.41, 5.74) is -1.29. The molecule has 0 spiro atoms. The third-order valence-electron chi connectivity index (χ3n) is 5.59. The molecule has 3 aromatic rings. The average molecular weight is 615 g/mol. The number of hydrogen-bond acceptors (Lipinski definition) is 2. The molecule has 0 aliphatic heterocycles.